The number of amides is 1. The maximum absolute atomic E-state index is 11.4. The number of carbonyl (C=O) groups excluding carboxylic acids is 1. The third-order valence-corrected chi connectivity index (χ3v) is 3.14. The van der Waals surface area contributed by atoms with E-state index >= 15 is 0 Å². The quantitative estimate of drug-likeness (QED) is 0.468. The zero-order valence-electron chi connectivity index (χ0n) is 10.2. The van der Waals surface area contributed by atoms with Crippen molar-refractivity contribution in [2.24, 2.45) is 5.14 Å². The van der Waals surface area contributed by atoms with Crippen molar-refractivity contribution in [1.82, 2.24) is 10.6 Å². The van der Waals surface area contributed by atoms with E-state index in [4.69, 9.17) is 11.6 Å². The Morgan fingerprint density at radius 1 is 1.42 bits per heavy atom. The first kappa shape index (κ1) is 15.2. The van der Waals surface area contributed by atoms with Crippen LogP contribution in [0.3, 0.4) is 0 Å². The molecule has 1 aromatic carbocycles. The van der Waals surface area contributed by atoms with Gasteiger partial charge < -0.3 is 5.32 Å². The molecule has 19 heavy (non-hydrogen) atoms. The molecule has 0 saturated carbocycles. The van der Waals surface area contributed by atoms with E-state index < -0.39 is 10.0 Å². The van der Waals surface area contributed by atoms with Gasteiger partial charge >= 0.3 is 0 Å². The largest absolute Gasteiger partial charge is 0.351 e. The highest BCUT2D eigenvalue weighted by Crippen LogP contribution is 2.09. The number of primary sulfonamides is 1. The summed E-state index contributed by atoms with van der Waals surface area (Å²) < 4.78 is 22.3. The van der Waals surface area contributed by atoms with Crippen LogP contribution < -0.4 is 15.8 Å². The van der Waals surface area contributed by atoms with Crippen molar-refractivity contribution >= 4 is 15.9 Å². The molecule has 0 saturated heterocycles. The molecule has 102 valence electrons. The minimum Gasteiger partial charge on any atom is -0.351 e. The number of terminal acetylenes is 1. The molecule has 0 fully saturated rings. The fourth-order valence-electron chi connectivity index (χ4n) is 1.34. The van der Waals surface area contributed by atoms with Crippen LogP contribution in [0.5, 0.6) is 0 Å². The number of hydrogen-bond acceptors (Lipinski definition) is 4. The van der Waals surface area contributed by atoms with Crippen LogP contribution in [-0.4, -0.2) is 27.4 Å². The van der Waals surface area contributed by atoms with E-state index in [-0.39, 0.29) is 23.9 Å². The molecule has 0 aliphatic carbocycles. The van der Waals surface area contributed by atoms with Crippen LogP contribution in [0.4, 0.5) is 0 Å². The second-order valence-corrected chi connectivity index (χ2v) is 5.34. The van der Waals surface area contributed by atoms with Gasteiger partial charge in [-0.25, -0.2) is 13.6 Å². The van der Waals surface area contributed by atoms with Crippen molar-refractivity contribution in [2.75, 3.05) is 13.1 Å². The summed E-state index contributed by atoms with van der Waals surface area (Å²) in [5.41, 5.74) is 0.650. The number of rotatable bonds is 6. The number of hydrogen-bond donors (Lipinski definition) is 3. The molecule has 6 nitrogen and oxygen atoms in total. The summed E-state index contributed by atoms with van der Waals surface area (Å²) >= 11 is 0. The summed E-state index contributed by atoms with van der Waals surface area (Å²) in [5, 5.41) is 10.4. The highest BCUT2D eigenvalue weighted by Gasteiger charge is 2.08. The molecule has 0 atom stereocenters. The maximum Gasteiger partial charge on any atom is 0.238 e. The third-order valence-electron chi connectivity index (χ3n) is 2.23. The van der Waals surface area contributed by atoms with Gasteiger partial charge in [-0.15, -0.1) is 6.42 Å². The summed E-state index contributed by atoms with van der Waals surface area (Å²) in [6.07, 6.45) is 5.02. The second kappa shape index (κ2) is 6.89. The molecule has 0 aliphatic rings. The molecule has 0 spiro atoms. The van der Waals surface area contributed by atoms with Crippen LogP contribution in [0.25, 0.3) is 0 Å². The Morgan fingerprint density at radius 3 is 2.79 bits per heavy atom. The number of benzene rings is 1. The van der Waals surface area contributed by atoms with Gasteiger partial charge in [-0.3, -0.25) is 10.1 Å². The van der Waals surface area contributed by atoms with Gasteiger partial charge in [0, 0.05) is 6.54 Å². The van der Waals surface area contributed by atoms with Gasteiger partial charge in [0.15, 0.2) is 0 Å². The van der Waals surface area contributed by atoms with Crippen LogP contribution >= 0.6 is 0 Å². The molecule has 0 unspecified atom stereocenters. The summed E-state index contributed by atoms with van der Waals surface area (Å²) in [5.74, 6) is 2.12. The van der Waals surface area contributed by atoms with Gasteiger partial charge in [-0.2, -0.15) is 0 Å². The second-order valence-electron chi connectivity index (χ2n) is 3.78. The minimum atomic E-state index is -3.73. The number of nitrogens with one attached hydrogen (secondary N) is 2. The van der Waals surface area contributed by atoms with Gasteiger partial charge in [0.05, 0.1) is 18.0 Å². The van der Waals surface area contributed by atoms with Crippen LogP contribution in [0.1, 0.15) is 5.56 Å². The van der Waals surface area contributed by atoms with Crippen LogP contribution in [0, 0.1) is 12.3 Å². The lowest BCUT2D eigenvalue weighted by Crippen LogP contribution is -2.33. The monoisotopic (exact) mass is 281 g/mol. The van der Waals surface area contributed by atoms with Crippen molar-refractivity contribution in [2.45, 2.75) is 11.4 Å². The highest BCUT2D eigenvalue weighted by atomic mass is 32.2. The van der Waals surface area contributed by atoms with Crippen molar-refractivity contribution in [3.63, 3.8) is 0 Å². The Kier molecular flexibility index (Phi) is 5.51. The van der Waals surface area contributed by atoms with Gasteiger partial charge in [0.1, 0.15) is 0 Å². The summed E-state index contributed by atoms with van der Waals surface area (Å²) in [6, 6.07) is 6.08. The molecule has 0 bridgehead atoms. The van der Waals surface area contributed by atoms with Gasteiger partial charge in [-0.1, -0.05) is 18.1 Å². The lowest BCUT2D eigenvalue weighted by Gasteiger charge is -2.06. The van der Waals surface area contributed by atoms with E-state index in [1.54, 1.807) is 12.1 Å². The maximum atomic E-state index is 11.4. The van der Waals surface area contributed by atoms with E-state index in [0.29, 0.717) is 12.1 Å². The van der Waals surface area contributed by atoms with E-state index in [1.165, 1.54) is 12.1 Å². The Bertz CT molecular complexity index is 590. The highest BCUT2D eigenvalue weighted by molar-refractivity contribution is 7.89. The fraction of sp³-hybridized carbons (Fsp3) is 0.250. The SMILES string of the molecule is C#CCNCC(=O)NCc1cccc(S(N)(=O)=O)c1. The van der Waals surface area contributed by atoms with Gasteiger partial charge in [0.2, 0.25) is 15.9 Å². The molecule has 1 aromatic rings. The Labute approximate surface area is 112 Å². The van der Waals surface area contributed by atoms with Gasteiger partial charge in [-0.05, 0) is 17.7 Å². The van der Waals surface area contributed by atoms with E-state index in [0.717, 1.165) is 0 Å². The molecule has 0 heterocycles. The normalized spacial score (nSPS) is 10.7. The standard InChI is InChI=1S/C12H15N3O3S/c1-2-6-14-9-12(16)15-8-10-4-3-5-11(7-10)19(13,17)18/h1,3-5,7,14H,6,8-9H2,(H,15,16)(H2,13,17,18). The molecule has 0 aliphatic heterocycles. The molecule has 7 heteroatoms. The molecular weight excluding hydrogens is 266 g/mol. The summed E-state index contributed by atoms with van der Waals surface area (Å²) in [6.45, 7) is 0.646. The fourth-order valence-corrected chi connectivity index (χ4v) is 1.93. The van der Waals surface area contributed by atoms with E-state index in [9.17, 15) is 13.2 Å². The van der Waals surface area contributed by atoms with E-state index in [2.05, 4.69) is 16.6 Å². The third kappa shape index (κ3) is 5.52. The number of carbonyl (C=O) groups is 1. The Balaban J connectivity index is 2.55. The first-order valence-electron chi connectivity index (χ1n) is 5.46. The predicted molar refractivity (Wildman–Crippen MR) is 71.4 cm³/mol. The molecular formula is C12H15N3O3S. The van der Waals surface area contributed by atoms with Crippen molar-refractivity contribution in [3.8, 4) is 12.3 Å². The number of nitrogens with two attached hydrogens (primary N) is 1. The molecule has 1 rings (SSSR count). The molecule has 4 N–H and O–H groups in total. The molecule has 1 amide bonds. The first-order valence-corrected chi connectivity index (χ1v) is 7.00. The summed E-state index contributed by atoms with van der Waals surface area (Å²) in [4.78, 5) is 11.4. The van der Waals surface area contributed by atoms with Crippen molar-refractivity contribution < 1.29 is 13.2 Å². The number of sulfonamides is 1. The first-order chi connectivity index (χ1) is 8.93. The smallest absolute Gasteiger partial charge is 0.238 e. The topological polar surface area (TPSA) is 101 Å². The summed E-state index contributed by atoms with van der Waals surface area (Å²) in [7, 11) is -3.73. The van der Waals surface area contributed by atoms with Crippen LogP contribution in [-0.2, 0) is 21.4 Å². The Morgan fingerprint density at radius 2 is 2.16 bits per heavy atom. The zero-order valence-corrected chi connectivity index (χ0v) is 11.0. The van der Waals surface area contributed by atoms with Gasteiger partial charge in [0.25, 0.3) is 0 Å². The zero-order chi connectivity index (χ0) is 14.3. The lowest BCUT2D eigenvalue weighted by atomic mass is 10.2. The van der Waals surface area contributed by atoms with Crippen molar-refractivity contribution in [1.29, 1.82) is 0 Å². The Hall–Kier alpha value is -1.88. The average molecular weight is 281 g/mol. The minimum absolute atomic E-state index is 0.0182. The van der Waals surface area contributed by atoms with Crippen molar-refractivity contribution in [3.05, 3.63) is 29.8 Å². The lowest BCUT2D eigenvalue weighted by molar-refractivity contribution is -0.120. The van der Waals surface area contributed by atoms with E-state index in [1.807, 2.05) is 0 Å². The predicted octanol–water partition coefficient (Wildman–Crippen LogP) is -0.827. The van der Waals surface area contributed by atoms with Crippen LogP contribution in [0.15, 0.2) is 29.2 Å². The van der Waals surface area contributed by atoms with Crippen LogP contribution in [0.2, 0.25) is 0 Å². The molecule has 0 radical (unpaired) electrons. The molecule has 0 aromatic heterocycles. The average Bonchev–Trinajstić information content (AvgIpc) is 2.36.